The summed E-state index contributed by atoms with van der Waals surface area (Å²) in [5.74, 6) is 0. The summed E-state index contributed by atoms with van der Waals surface area (Å²) in [6, 6.07) is 0. The molecule has 2 nitrogen and oxygen atoms in total. The average Bonchev–Trinajstić information content (AvgIpc) is 2.39. The highest BCUT2D eigenvalue weighted by molar-refractivity contribution is 4.58. The Morgan fingerprint density at radius 2 is 1.39 bits per heavy atom. The number of hydrogen-bond acceptors (Lipinski definition) is 2. The van der Waals surface area contributed by atoms with E-state index in [-0.39, 0.29) is 6.61 Å². The average molecular weight is 258 g/mol. The molecule has 0 spiro atoms. The van der Waals surface area contributed by atoms with Gasteiger partial charge in [0.1, 0.15) is 0 Å². The van der Waals surface area contributed by atoms with Crippen LogP contribution in [0, 0.1) is 0 Å². The van der Waals surface area contributed by atoms with E-state index in [4.69, 9.17) is 9.84 Å². The Hall–Kier alpha value is -0.0800. The van der Waals surface area contributed by atoms with Gasteiger partial charge in [0.25, 0.3) is 0 Å². The molecule has 110 valence electrons. The molecule has 1 N–H and O–H groups in total. The third kappa shape index (κ3) is 12.4. The van der Waals surface area contributed by atoms with Gasteiger partial charge in [-0.1, -0.05) is 71.6 Å². The summed E-state index contributed by atoms with van der Waals surface area (Å²) >= 11 is 0. The predicted molar refractivity (Wildman–Crippen MR) is 79.0 cm³/mol. The third-order valence-electron chi connectivity index (χ3n) is 3.44. The van der Waals surface area contributed by atoms with E-state index in [1.165, 1.54) is 64.2 Å². The zero-order chi connectivity index (χ0) is 13.5. The fourth-order valence-corrected chi connectivity index (χ4v) is 2.36. The van der Waals surface area contributed by atoms with E-state index in [1.54, 1.807) is 0 Å². The molecule has 0 aliphatic rings. The second kappa shape index (κ2) is 15.0. The molecule has 0 saturated carbocycles. The van der Waals surface area contributed by atoms with E-state index >= 15 is 0 Å². The van der Waals surface area contributed by atoms with Gasteiger partial charge in [-0.15, -0.1) is 0 Å². The first-order chi connectivity index (χ1) is 8.85. The Balaban J connectivity index is 3.31. The molecule has 0 fully saturated rings. The lowest BCUT2D eigenvalue weighted by Crippen LogP contribution is -2.15. The summed E-state index contributed by atoms with van der Waals surface area (Å²) in [5, 5.41) is 8.77. The molecular formula is C16H34O2. The third-order valence-corrected chi connectivity index (χ3v) is 3.44. The van der Waals surface area contributed by atoms with Crippen LogP contribution in [-0.4, -0.2) is 24.4 Å². The molecule has 0 bridgehead atoms. The maximum atomic E-state index is 8.77. The van der Waals surface area contributed by atoms with Gasteiger partial charge < -0.3 is 9.84 Å². The first-order valence-corrected chi connectivity index (χ1v) is 8.07. The summed E-state index contributed by atoms with van der Waals surface area (Å²) in [7, 11) is 0. The molecule has 0 aromatic heterocycles. The second-order valence-electron chi connectivity index (χ2n) is 5.27. The van der Waals surface area contributed by atoms with Crippen LogP contribution in [0.15, 0.2) is 0 Å². The van der Waals surface area contributed by atoms with Crippen molar-refractivity contribution in [3.05, 3.63) is 0 Å². The zero-order valence-corrected chi connectivity index (χ0v) is 12.6. The molecule has 0 amide bonds. The first-order valence-electron chi connectivity index (χ1n) is 8.07. The smallest absolute Gasteiger partial charge is 0.0701 e. The standard InChI is InChI=1S/C16H34O2/c1-3-5-6-7-8-9-10-11-13-16(12-4-2)18-15-14-17/h16-17H,3-15H2,1-2H3. The van der Waals surface area contributed by atoms with Crippen LogP contribution in [-0.2, 0) is 4.74 Å². The van der Waals surface area contributed by atoms with Crippen LogP contribution >= 0.6 is 0 Å². The minimum absolute atomic E-state index is 0.150. The topological polar surface area (TPSA) is 29.5 Å². The Kier molecular flexibility index (Phi) is 14.9. The highest BCUT2D eigenvalue weighted by atomic mass is 16.5. The first kappa shape index (κ1) is 17.9. The molecule has 0 radical (unpaired) electrons. The molecule has 0 aliphatic heterocycles. The monoisotopic (exact) mass is 258 g/mol. The molecule has 18 heavy (non-hydrogen) atoms. The van der Waals surface area contributed by atoms with Crippen molar-refractivity contribution in [1.29, 1.82) is 0 Å². The summed E-state index contributed by atoms with van der Waals surface area (Å²) in [6.45, 7) is 5.11. The molecule has 0 aromatic carbocycles. The Morgan fingerprint density at radius 1 is 0.778 bits per heavy atom. The van der Waals surface area contributed by atoms with Crippen molar-refractivity contribution in [2.75, 3.05) is 13.2 Å². The van der Waals surface area contributed by atoms with Crippen molar-refractivity contribution in [3.8, 4) is 0 Å². The maximum Gasteiger partial charge on any atom is 0.0701 e. The van der Waals surface area contributed by atoms with E-state index in [2.05, 4.69) is 13.8 Å². The molecule has 0 aromatic rings. The lowest BCUT2D eigenvalue weighted by Gasteiger charge is -2.16. The van der Waals surface area contributed by atoms with Gasteiger partial charge in [0, 0.05) is 0 Å². The lowest BCUT2D eigenvalue weighted by molar-refractivity contribution is 0.0177. The second-order valence-corrected chi connectivity index (χ2v) is 5.27. The molecule has 2 heteroatoms. The van der Waals surface area contributed by atoms with E-state index in [0.717, 1.165) is 6.42 Å². The van der Waals surface area contributed by atoms with Gasteiger partial charge in [-0.3, -0.25) is 0 Å². The number of hydrogen-bond donors (Lipinski definition) is 1. The van der Waals surface area contributed by atoms with Gasteiger partial charge in [-0.2, -0.15) is 0 Å². The summed E-state index contributed by atoms with van der Waals surface area (Å²) in [4.78, 5) is 0. The van der Waals surface area contributed by atoms with Gasteiger partial charge in [-0.05, 0) is 12.8 Å². The largest absolute Gasteiger partial charge is 0.394 e. The summed E-state index contributed by atoms with van der Waals surface area (Å²) < 4.78 is 5.64. The van der Waals surface area contributed by atoms with Crippen molar-refractivity contribution in [2.24, 2.45) is 0 Å². The molecule has 0 aliphatic carbocycles. The van der Waals surface area contributed by atoms with Crippen LogP contribution < -0.4 is 0 Å². The van der Waals surface area contributed by atoms with Crippen LogP contribution in [0.3, 0.4) is 0 Å². The SMILES string of the molecule is CCCCCCCCCCC(CCC)OCCO. The van der Waals surface area contributed by atoms with E-state index < -0.39 is 0 Å². The van der Waals surface area contributed by atoms with Crippen molar-refractivity contribution < 1.29 is 9.84 Å². The van der Waals surface area contributed by atoms with Crippen molar-refractivity contribution in [2.45, 2.75) is 90.6 Å². The lowest BCUT2D eigenvalue weighted by atomic mass is 10.0. The van der Waals surface area contributed by atoms with Crippen LogP contribution in [0.2, 0.25) is 0 Å². The van der Waals surface area contributed by atoms with E-state index in [1.807, 2.05) is 0 Å². The molecule has 0 heterocycles. The number of ether oxygens (including phenoxy) is 1. The van der Waals surface area contributed by atoms with Gasteiger partial charge >= 0.3 is 0 Å². The highest BCUT2D eigenvalue weighted by Gasteiger charge is 2.07. The van der Waals surface area contributed by atoms with Gasteiger partial charge in [0.15, 0.2) is 0 Å². The van der Waals surface area contributed by atoms with Gasteiger partial charge in [0.2, 0.25) is 0 Å². The quantitative estimate of drug-likeness (QED) is 0.458. The van der Waals surface area contributed by atoms with Crippen LogP contribution in [0.1, 0.15) is 84.5 Å². The fraction of sp³-hybridized carbons (Fsp3) is 1.00. The summed E-state index contributed by atoms with van der Waals surface area (Å²) in [6.07, 6.45) is 14.8. The molecule has 0 rings (SSSR count). The fourth-order valence-electron chi connectivity index (χ4n) is 2.36. The van der Waals surface area contributed by atoms with Crippen LogP contribution in [0.4, 0.5) is 0 Å². The molecular weight excluding hydrogens is 224 g/mol. The van der Waals surface area contributed by atoms with Crippen molar-refractivity contribution >= 4 is 0 Å². The predicted octanol–water partition coefficient (Wildman–Crippen LogP) is 4.69. The number of rotatable bonds is 14. The van der Waals surface area contributed by atoms with E-state index in [9.17, 15) is 0 Å². The number of aliphatic hydroxyl groups excluding tert-OH is 1. The maximum absolute atomic E-state index is 8.77. The molecule has 1 unspecified atom stereocenters. The van der Waals surface area contributed by atoms with Gasteiger partial charge in [-0.25, -0.2) is 0 Å². The van der Waals surface area contributed by atoms with Crippen LogP contribution in [0.5, 0.6) is 0 Å². The van der Waals surface area contributed by atoms with E-state index in [0.29, 0.717) is 12.7 Å². The van der Waals surface area contributed by atoms with Crippen molar-refractivity contribution in [3.63, 3.8) is 0 Å². The zero-order valence-electron chi connectivity index (χ0n) is 12.6. The number of unbranched alkanes of at least 4 members (excludes halogenated alkanes) is 7. The molecule has 1 atom stereocenters. The van der Waals surface area contributed by atoms with Gasteiger partial charge in [0.05, 0.1) is 19.3 Å². The van der Waals surface area contributed by atoms with Crippen molar-refractivity contribution in [1.82, 2.24) is 0 Å². The molecule has 0 saturated heterocycles. The minimum Gasteiger partial charge on any atom is -0.394 e. The van der Waals surface area contributed by atoms with Crippen LogP contribution in [0.25, 0.3) is 0 Å². The Morgan fingerprint density at radius 3 is 1.94 bits per heavy atom. The Bertz CT molecular complexity index is 148. The Labute approximate surface area is 114 Å². The highest BCUT2D eigenvalue weighted by Crippen LogP contribution is 2.14. The normalized spacial score (nSPS) is 12.8. The summed E-state index contributed by atoms with van der Waals surface area (Å²) in [5.41, 5.74) is 0. The minimum atomic E-state index is 0.150. The number of aliphatic hydroxyl groups is 1.